The van der Waals surface area contributed by atoms with Crippen LogP contribution in [0.5, 0.6) is 11.5 Å². The molecule has 2 nitrogen and oxygen atoms in total. The fourth-order valence-electron chi connectivity index (χ4n) is 1.85. The van der Waals surface area contributed by atoms with E-state index in [1.54, 1.807) is 0 Å². The number of nitrogens with two attached hydrogens (primary N) is 1. The van der Waals surface area contributed by atoms with Gasteiger partial charge in [-0.15, -0.1) is 0 Å². The minimum absolute atomic E-state index is 0.0101. The van der Waals surface area contributed by atoms with Crippen molar-refractivity contribution in [2.24, 2.45) is 5.73 Å². The second-order valence-corrected chi connectivity index (χ2v) is 5.99. The molecule has 0 aliphatic carbocycles. The van der Waals surface area contributed by atoms with E-state index >= 15 is 0 Å². The summed E-state index contributed by atoms with van der Waals surface area (Å²) in [4.78, 5) is 0. The first-order chi connectivity index (χ1) is 9.86. The molecule has 2 N–H and O–H groups in total. The third-order valence-corrected chi connectivity index (χ3v) is 3.67. The quantitative estimate of drug-likeness (QED) is 0.757. The number of hydrogen-bond donors (Lipinski definition) is 1. The Kier molecular flexibility index (Phi) is 5.19. The molecule has 0 fully saturated rings. The minimum atomic E-state index is -0.592. The summed E-state index contributed by atoms with van der Waals surface area (Å²) < 4.78 is 33.0. The van der Waals surface area contributed by atoms with Crippen molar-refractivity contribution in [2.45, 2.75) is 19.4 Å². The van der Waals surface area contributed by atoms with Crippen molar-refractivity contribution in [3.8, 4) is 11.5 Å². The Balaban J connectivity index is 2.37. The van der Waals surface area contributed by atoms with E-state index < -0.39 is 5.82 Å². The molecule has 1 unspecified atom stereocenters. The average Bonchev–Trinajstić information content (AvgIpc) is 2.38. The Morgan fingerprint density at radius 2 is 1.95 bits per heavy atom. The van der Waals surface area contributed by atoms with Crippen LogP contribution in [0.15, 0.2) is 34.8 Å². The third-order valence-electron chi connectivity index (χ3n) is 2.76. The first-order valence-corrected chi connectivity index (χ1v) is 7.40. The van der Waals surface area contributed by atoms with Crippen LogP contribution in [0.2, 0.25) is 5.02 Å². The van der Waals surface area contributed by atoms with Crippen molar-refractivity contribution in [3.05, 3.63) is 57.0 Å². The molecular weight excluding hydrogens is 364 g/mol. The fraction of sp³-hybridized carbons (Fsp3) is 0.200. The van der Waals surface area contributed by atoms with E-state index in [1.807, 2.05) is 6.92 Å². The standard InChI is InChI=1S/C15H13BrClF2NO/c1-8(20)4-9-5-10(18)2-3-14(9)21-15-7-13(19)12(17)6-11(15)16/h2-3,5-8H,4,20H2,1H3. The predicted molar refractivity (Wildman–Crippen MR) is 82.9 cm³/mol. The second-order valence-electron chi connectivity index (χ2n) is 4.73. The Bertz CT molecular complexity index is 664. The maximum absolute atomic E-state index is 13.5. The van der Waals surface area contributed by atoms with E-state index in [2.05, 4.69) is 15.9 Å². The molecule has 0 heterocycles. The summed E-state index contributed by atoms with van der Waals surface area (Å²) in [5.41, 5.74) is 6.36. The lowest BCUT2D eigenvalue weighted by atomic mass is 10.1. The van der Waals surface area contributed by atoms with Gasteiger partial charge in [-0.3, -0.25) is 0 Å². The maximum atomic E-state index is 13.5. The Labute approximate surface area is 135 Å². The molecule has 2 rings (SSSR count). The van der Waals surface area contributed by atoms with Gasteiger partial charge in [0.1, 0.15) is 23.1 Å². The number of halogens is 4. The van der Waals surface area contributed by atoms with Gasteiger partial charge in [-0.25, -0.2) is 8.78 Å². The Morgan fingerprint density at radius 3 is 2.62 bits per heavy atom. The smallest absolute Gasteiger partial charge is 0.145 e. The highest BCUT2D eigenvalue weighted by atomic mass is 79.9. The minimum Gasteiger partial charge on any atom is -0.456 e. The highest BCUT2D eigenvalue weighted by molar-refractivity contribution is 9.10. The van der Waals surface area contributed by atoms with Crippen LogP contribution in [-0.2, 0) is 6.42 Å². The van der Waals surface area contributed by atoms with Crippen LogP contribution in [0.4, 0.5) is 8.78 Å². The highest BCUT2D eigenvalue weighted by Gasteiger charge is 2.13. The molecule has 2 aromatic rings. The van der Waals surface area contributed by atoms with E-state index in [0.29, 0.717) is 22.2 Å². The van der Waals surface area contributed by atoms with Gasteiger partial charge >= 0.3 is 0 Å². The van der Waals surface area contributed by atoms with Crippen LogP contribution < -0.4 is 10.5 Å². The van der Waals surface area contributed by atoms with Gasteiger partial charge in [0, 0.05) is 12.1 Å². The van der Waals surface area contributed by atoms with Crippen molar-refractivity contribution in [3.63, 3.8) is 0 Å². The summed E-state index contributed by atoms with van der Waals surface area (Å²) in [5, 5.41) is -0.0101. The summed E-state index contributed by atoms with van der Waals surface area (Å²) in [6, 6.07) is 6.55. The lowest BCUT2D eigenvalue weighted by molar-refractivity contribution is 0.463. The van der Waals surface area contributed by atoms with Gasteiger partial charge in [0.05, 0.1) is 9.50 Å². The van der Waals surface area contributed by atoms with E-state index in [0.717, 1.165) is 0 Å². The van der Waals surface area contributed by atoms with Crippen molar-refractivity contribution in [1.82, 2.24) is 0 Å². The van der Waals surface area contributed by atoms with Crippen LogP contribution in [0.1, 0.15) is 12.5 Å². The monoisotopic (exact) mass is 375 g/mol. The largest absolute Gasteiger partial charge is 0.456 e. The highest BCUT2D eigenvalue weighted by Crippen LogP contribution is 2.35. The number of benzene rings is 2. The van der Waals surface area contributed by atoms with E-state index in [1.165, 1.54) is 30.3 Å². The van der Waals surface area contributed by atoms with Crippen LogP contribution in [0.3, 0.4) is 0 Å². The molecular formula is C15H13BrClF2NO. The zero-order valence-corrected chi connectivity index (χ0v) is 13.5. The molecule has 2 aromatic carbocycles. The van der Waals surface area contributed by atoms with Crippen molar-refractivity contribution in [1.29, 1.82) is 0 Å². The molecule has 0 saturated heterocycles. The molecule has 1 atom stereocenters. The summed E-state index contributed by atoms with van der Waals surface area (Å²) >= 11 is 8.94. The molecule has 0 aliphatic rings. The SMILES string of the molecule is CC(N)Cc1cc(F)ccc1Oc1cc(F)c(Cl)cc1Br. The van der Waals surface area contributed by atoms with E-state index in [4.69, 9.17) is 22.1 Å². The predicted octanol–water partition coefficient (Wildman–Crippen LogP) is 5.06. The van der Waals surface area contributed by atoms with Gasteiger partial charge in [0.2, 0.25) is 0 Å². The lowest BCUT2D eigenvalue weighted by Crippen LogP contribution is -2.18. The van der Waals surface area contributed by atoms with E-state index in [-0.39, 0.29) is 22.6 Å². The normalized spacial score (nSPS) is 12.3. The van der Waals surface area contributed by atoms with Gasteiger partial charge in [-0.2, -0.15) is 0 Å². The summed E-state index contributed by atoms with van der Waals surface area (Å²) in [5.74, 6) is -0.282. The van der Waals surface area contributed by atoms with Crippen molar-refractivity contribution < 1.29 is 13.5 Å². The molecule has 0 aliphatic heterocycles. The van der Waals surface area contributed by atoms with Crippen LogP contribution in [0.25, 0.3) is 0 Å². The topological polar surface area (TPSA) is 35.2 Å². The number of rotatable bonds is 4. The summed E-state index contributed by atoms with van der Waals surface area (Å²) in [6.45, 7) is 1.81. The van der Waals surface area contributed by atoms with Crippen LogP contribution >= 0.6 is 27.5 Å². The summed E-state index contributed by atoms with van der Waals surface area (Å²) in [7, 11) is 0. The average molecular weight is 377 g/mol. The molecule has 0 spiro atoms. The number of hydrogen-bond acceptors (Lipinski definition) is 2. The van der Waals surface area contributed by atoms with Gasteiger partial charge in [-0.1, -0.05) is 11.6 Å². The van der Waals surface area contributed by atoms with Gasteiger partial charge in [-0.05, 0) is 59.1 Å². The zero-order chi connectivity index (χ0) is 15.6. The van der Waals surface area contributed by atoms with Crippen LogP contribution in [-0.4, -0.2) is 6.04 Å². The number of ether oxygens (including phenoxy) is 1. The van der Waals surface area contributed by atoms with E-state index in [9.17, 15) is 8.78 Å². The van der Waals surface area contributed by atoms with Gasteiger partial charge in [0.25, 0.3) is 0 Å². The molecule has 6 heteroatoms. The van der Waals surface area contributed by atoms with Crippen LogP contribution in [0, 0.1) is 11.6 Å². The zero-order valence-electron chi connectivity index (χ0n) is 11.2. The summed E-state index contributed by atoms with van der Waals surface area (Å²) in [6.07, 6.45) is 0.445. The second kappa shape index (κ2) is 6.73. The van der Waals surface area contributed by atoms with Crippen molar-refractivity contribution >= 4 is 27.5 Å². The van der Waals surface area contributed by atoms with Crippen molar-refractivity contribution in [2.75, 3.05) is 0 Å². The molecule has 0 aromatic heterocycles. The fourth-order valence-corrected chi connectivity index (χ4v) is 2.57. The molecule has 112 valence electrons. The van der Waals surface area contributed by atoms with Gasteiger partial charge < -0.3 is 10.5 Å². The maximum Gasteiger partial charge on any atom is 0.145 e. The molecule has 0 bridgehead atoms. The third kappa shape index (κ3) is 4.15. The Hall–Kier alpha value is -1.17. The molecule has 0 amide bonds. The first-order valence-electron chi connectivity index (χ1n) is 6.23. The first kappa shape index (κ1) is 16.2. The lowest BCUT2D eigenvalue weighted by Gasteiger charge is -2.14. The Morgan fingerprint density at radius 1 is 1.24 bits per heavy atom. The molecule has 21 heavy (non-hydrogen) atoms. The molecule has 0 saturated carbocycles. The molecule has 0 radical (unpaired) electrons. The van der Waals surface area contributed by atoms with Gasteiger partial charge in [0.15, 0.2) is 0 Å².